The molecule has 122 valence electrons. The number of nitrogens with zero attached hydrogens (tertiary/aromatic N) is 2. The highest BCUT2D eigenvalue weighted by Gasteiger charge is 2.10. The third kappa shape index (κ3) is 3.92. The van der Waals surface area contributed by atoms with Gasteiger partial charge in [0.15, 0.2) is 0 Å². The van der Waals surface area contributed by atoms with Gasteiger partial charge in [0.2, 0.25) is 0 Å². The third-order valence-corrected chi connectivity index (χ3v) is 4.80. The van der Waals surface area contributed by atoms with Crippen molar-refractivity contribution in [3.8, 4) is 0 Å². The van der Waals surface area contributed by atoms with Crippen LogP contribution in [0, 0.1) is 13.8 Å². The van der Waals surface area contributed by atoms with Crippen LogP contribution in [0.15, 0.2) is 53.4 Å². The van der Waals surface area contributed by atoms with E-state index >= 15 is 0 Å². The van der Waals surface area contributed by atoms with E-state index in [0.717, 1.165) is 27.2 Å². The lowest BCUT2D eigenvalue weighted by molar-refractivity contribution is -0.141. The molecule has 2 aromatic carbocycles. The number of carbonyl (C=O) groups is 1. The van der Waals surface area contributed by atoms with Gasteiger partial charge in [-0.05, 0) is 37.6 Å². The molecule has 1 heterocycles. The molecule has 0 atom stereocenters. The van der Waals surface area contributed by atoms with Crippen molar-refractivity contribution in [2.45, 2.75) is 25.3 Å². The molecule has 0 saturated carbocycles. The van der Waals surface area contributed by atoms with Gasteiger partial charge in [0.25, 0.3) is 0 Å². The van der Waals surface area contributed by atoms with Crippen LogP contribution in [0.4, 0.5) is 0 Å². The summed E-state index contributed by atoms with van der Waals surface area (Å²) in [6, 6.07) is 15.7. The smallest absolute Gasteiger partial charge is 0.316 e. The van der Waals surface area contributed by atoms with Crippen LogP contribution in [0.3, 0.4) is 0 Å². The molecule has 0 amide bonds. The molecule has 0 N–H and O–H groups in total. The first kappa shape index (κ1) is 16.5. The molecule has 5 heteroatoms. The summed E-state index contributed by atoms with van der Waals surface area (Å²) in [5.41, 5.74) is 4.30. The SMILES string of the molecule is Cc1ccccc1SCC(=O)OCc1nc2ccccc2nc1C. The Morgan fingerprint density at radius 2 is 1.67 bits per heavy atom. The van der Waals surface area contributed by atoms with Crippen molar-refractivity contribution >= 4 is 28.8 Å². The minimum absolute atomic E-state index is 0.150. The first-order chi connectivity index (χ1) is 11.6. The van der Waals surface area contributed by atoms with Crippen molar-refractivity contribution in [3.05, 3.63) is 65.5 Å². The maximum atomic E-state index is 12.0. The summed E-state index contributed by atoms with van der Waals surface area (Å²) >= 11 is 1.49. The molecule has 24 heavy (non-hydrogen) atoms. The lowest BCUT2D eigenvalue weighted by Gasteiger charge is -2.08. The number of hydrogen-bond acceptors (Lipinski definition) is 5. The van der Waals surface area contributed by atoms with Crippen LogP contribution in [-0.4, -0.2) is 21.7 Å². The fraction of sp³-hybridized carbons (Fsp3) is 0.211. The number of aromatic nitrogens is 2. The molecule has 4 nitrogen and oxygen atoms in total. The van der Waals surface area contributed by atoms with Crippen LogP contribution in [0.5, 0.6) is 0 Å². The molecule has 1 aromatic heterocycles. The minimum atomic E-state index is -0.252. The van der Waals surface area contributed by atoms with Crippen molar-refractivity contribution in [1.29, 1.82) is 0 Å². The number of para-hydroxylation sites is 2. The van der Waals surface area contributed by atoms with E-state index in [1.807, 2.05) is 62.4 Å². The van der Waals surface area contributed by atoms with Gasteiger partial charge in [0, 0.05) is 4.90 Å². The summed E-state index contributed by atoms with van der Waals surface area (Å²) < 4.78 is 5.36. The van der Waals surface area contributed by atoms with E-state index in [0.29, 0.717) is 5.69 Å². The molecule has 3 rings (SSSR count). The maximum absolute atomic E-state index is 12.0. The Kier molecular flexibility index (Phi) is 5.11. The number of ether oxygens (including phenoxy) is 1. The zero-order chi connectivity index (χ0) is 16.9. The van der Waals surface area contributed by atoms with Gasteiger partial charge in [-0.25, -0.2) is 9.97 Å². The molecule has 0 aliphatic carbocycles. The molecule has 0 saturated heterocycles. The molecule has 0 radical (unpaired) electrons. The average Bonchev–Trinajstić information content (AvgIpc) is 2.59. The average molecular weight is 338 g/mol. The van der Waals surface area contributed by atoms with E-state index in [2.05, 4.69) is 9.97 Å². The summed E-state index contributed by atoms with van der Waals surface area (Å²) in [6.07, 6.45) is 0. The number of esters is 1. The van der Waals surface area contributed by atoms with E-state index < -0.39 is 0 Å². The summed E-state index contributed by atoms with van der Waals surface area (Å²) in [4.78, 5) is 22.1. The Morgan fingerprint density at radius 3 is 2.42 bits per heavy atom. The topological polar surface area (TPSA) is 52.1 Å². The summed E-state index contributed by atoms with van der Waals surface area (Å²) in [7, 11) is 0. The van der Waals surface area contributed by atoms with Crippen LogP contribution in [0.25, 0.3) is 11.0 Å². The van der Waals surface area contributed by atoms with Crippen LogP contribution in [0.1, 0.15) is 17.0 Å². The van der Waals surface area contributed by atoms with Crippen molar-refractivity contribution in [3.63, 3.8) is 0 Å². The largest absolute Gasteiger partial charge is 0.458 e. The number of aryl methyl sites for hydroxylation is 2. The second-order valence-electron chi connectivity index (χ2n) is 5.46. The summed E-state index contributed by atoms with van der Waals surface area (Å²) in [5, 5.41) is 0. The van der Waals surface area contributed by atoms with Gasteiger partial charge in [-0.3, -0.25) is 4.79 Å². The predicted molar refractivity (Wildman–Crippen MR) is 96.0 cm³/mol. The lowest BCUT2D eigenvalue weighted by atomic mass is 10.2. The first-order valence-electron chi connectivity index (χ1n) is 7.70. The Bertz CT molecular complexity index is 880. The number of thioether (sulfide) groups is 1. The molecule has 0 bridgehead atoms. The second kappa shape index (κ2) is 7.45. The fourth-order valence-corrected chi connectivity index (χ4v) is 3.13. The Labute approximate surface area is 145 Å². The van der Waals surface area contributed by atoms with Crippen molar-refractivity contribution in [1.82, 2.24) is 9.97 Å². The molecule has 0 aliphatic heterocycles. The maximum Gasteiger partial charge on any atom is 0.316 e. The predicted octanol–water partition coefficient (Wildman–Crippen LogP) is 4.08. The molecular weight excluding hydrogens is 320 g/mol. The highest BCUT2D eigenvalue weighted by atomic mass is 32.2. The Balaban J connectivity index is 1.60. The van der Waals surface area contributed by atoms with Gasteiger partial charge in [-0.15, -0.1) is 11.8 Å². The van der Waals surface area contributed by atoms with Crippen LogP contribution in [-0.2, 0) is 16.1 Å². The molecule has 0 unspecified atom stereocenters. The number of rotatable bonds is 5. The van der Waals surface area contributed by atoms with Gasteiger partial charge in [-0.2, -0.15) is 0 Å². The van der Waals surface area contributed by atoms with Gasteiger partial charge in [0.1, 0.15) is 6.61 Å². The second-order valence-corrected chi connectivity index (χ2v) is 6.48. The first-order valence-corrected chi connectivity index (χ1v) is 8.68. The van der Waals surface area contributed by atoms with E-state index in [-0.39, 0.29) is 18.3 Å². The normalized spacial score (nSPS) is 10.8. The Morgan fingerprint density at radius 1 is 1.00 bits per heavy atom. The molecule has 0 aliphatic rings. The molecule has 3 aromatic rings. The van der Waals surface area contributed by atoms with Crippen molar-refractivity contribution < 1.29 is 9.53 Å². The van der Waals surface area contributed by atoms with E-state index in [4.69, 9.17) is 4.74 Å². The van der Waals surface area contributed by atoms with Crippen molar-refractivity contribution in [2.24, 2.45) is 0 Å². The van der Waals surface area contributed by atoms with Gasteiger partial charge in [-0.1, -0.05) is 30.3 Å². The highest BCUT2D eigenvalue weighted by molar-refractivity contribution is 8.00. The van der Waals surface area contributed by atoms with Gasteiger partial charge >= 0.3 is 5.97 Å². The fourth-order valence-electron chi connectivity index (χ4n) is 2.31. The molecular formula is C19H18N2O2S. The van der Waals surface area contributed by atoms with Crippen LogP contribution in [0.2, 0.25) is 0 Å². The van der Waals surface area contributed by atoms with E-state index in [1.54, 1.807) is 0 Å². The third-order valence-electron chi connectivity index (χ3n) is 3.65. The number of fused-ring (bicyclic) bond motifs is 1. The van der Waals surface area contributed by atoms with Crippen LogP contribution < -0.4 is 0 Å². The van der Waals surface area contributed by atoms with Gasteiger partial charge < -0.3 is 4.74 Å². The van der Waals surface area contributed by atoms with Crippen LogP contribution >= 0.6 is 11.8 Å². The highest BCUT2D eigenvalue weighted by Crippen LogP contribution is 2.22. The number of hydrogen-bond donors (Lipinski definition) is 0. The number of carbonyl (C=O) groups excluding carboxylic acids is 1. The van der Waals surface area contributed by atoms with Crippen molar-refractivity contribution in [2.75, 3.05) is 5.75 Å². The lowest BCUT2D eigenvalue weighted by Crippen LogP contribution is -2.10. The molecule has 0 fully saturated rings. The van der Waals surface area contributed by atoms with E-state index in [1.165, 1.54) is 11.8 Å². The zero-order valence-electron chi connectivity index (χ0n) is 13.7. The molecule has 0 spiro atoms. The van der Waals surface area contributed by atoms with E-state index in [9.17, 15) is 4.79 Å². The van der Waals surface area contributed by atoms with Gasteiger partial charge in [0.05, 0.1) is 28.2 Å². The Hall–Kier alpha value is -2.40. The summed E-state index contributed by atoms with van der Waals surface area (Å²) in [6.45, 7) is 4.06. The minimum Gasteiger partial charge on any atom is -0.458 e. The number of benzene rings is 2. The quantitative estimate of drug-likeness (QED) is 0.518. The zero-order valence-corrected chi connectivity index (χ0v) is 14.5. The summed E-state index contributed by atoms with van der Waals surface area (Å²) in [5.74, 6) is 0.0304. The standard InChI is InChI=1S/C19H18N2O2S/c1-13-7-3-6-10-18(13)24-12-19(22)23-11-17-14(2)20-15-8-4-5-9-16(15)21-17/h3-10H,11-12H2,1-2H3. The monoisotopic (exact) mass is 338 g/mol.